The fourth-order valence-corrected chi connectivity index (χ4v) is 5.62. The van der Waals surface area contributed by atoms with E-state index in [1.165, 1.54) is 13.2 Å². The van der Waals surface area contributed by atoms with Crippen LogP contribution in [0.2, 0.25) is 0 Å². The summed E-state index contributed by atoms with van der Waals surface area (Å²) in [5.74, 6) is 0.660. The molecule has 0 aliphatic carbocycles. The Hall–Kier alpha value is -2.04. The highest BCUT2D eigenvalue weighted by molar-refractivity contribution is 7.55. The molecule has 2 unspecified atom stereocenters. The Labute approximate surface area is 173 Å². The van der Waals surface area contributed by atoms with Gasteiger partial charge in [-0.05, 0) is 56.9 Å². The van der Waals surface area contributed by atoms with Crippen molar-refractivity contribution in [3.05, 3.63) is 47.3 Å². The summed E-state index contributed by atoms with van der Waals surface area (Å²) in [4.78, 5) is 4.47. The van der Waals surface area contributed by atoms with Crippen LogP contribution in [0.5, 0.6) is 17.2 Å². The summed E-state index contributed by atoms with van der Waals surface area (Å²) in [6.07, 6.45) is 1.93. The van der Waals surface area contributed by atoms with E-state index in [1.807, 2.05) is 46.8 Å². The van der Waals surface area contributed by atoms with E-state index in [1.54, 1.807) is 19.2 Å². The van der Waals surface area contributed by atoms with Gasteiger partial charge in [0.1, 0.15) is 5.75 Å². The van der Waals surface area contributed by atoms with Gasteiger partial charge in [0, 0.05) is 24.4 Å². The van der Waals surface area contributed by atoms with E-state index in [9.17, 15) is 9.67 Å². The monoisotopic (exact) mass is 421 g/mol. The molecule has 7 heteroatoms. The molecule has 0 fully saturated rings. The Morgan fingerprint density at radius 2 is 1.83 bits per heavy atom. The number of aryl methyl sites for hydroxylation is 2. The maximum atomic E-state index is 14.1. The number of benzene rings is 1. The molecule has 1 aromatic carbocycles. The van der Waals surface area contributed by atoms with E-state index < -0.39 is 13.3 Å². The molecule has 0 saturated carbocycles. The van der Waals surface area contributed by atoms with Crippen LogP contribution < -0.4 is 9.26 Å². The SMILES string of the molecule is COc1cc(OP(=O)(OC(C)C)C(Cc2ncccc2C)C(C)C)cc(C)c1O. The number of hydrogen-bond donors (Lipinski definition) is 1. The first-order valence-electron chi connectivity index (χ1n) is 9.83. The third kappa shape index (κ3) is 5.74. The number of phenols is 1. The lowest BCUT2D eigenvalue weighted by molar-refractivity contribution is 0.197. The van der Waals surface area contributed by atoms with Crippen LogP contribution in [-0.4, -0.2) is 29.0 Å². The summed E-state index contributed by atoms with van der Waals surface area (Å²) in [5, 5.41) is 10.1. The van der Waals surface area contributed by atoms with Gasteiger partial charge in [-0.15, -0.1) is 0 Å². The highest BCUT2D eigenvalue weighted by Gasteiger charge is 2.41. The summed E-state index contributed by atoms with van der Waals surface area (Å²) < 4.78 is 31.2. The van der Waals surface area contributed by atoms with Crippen molar-refractivity contribution < 1.29 is 23.5 Å². The number of ether oxygens (including phenoxy) is 1. The fraction of sp³-hybridized carbons (Fsp3) is 0.500. The zero-order valence-corrected chi connectivity index (χ0v) is 19.2. The average Bonchev–Trinajstić information content (AvgIpc) is 2.62. The maximum absolute atomic E-state index is 14.1. The first kappa shape index (κ1) is 23.2. The Morgan fingerprint density at radius 1 is 1.14 bits per heavy atom. The van der Waals surface area contributed by atoms with Crippen LogP contribution in [0.25, 0.3) is 0 Å². The molecule has 2 atom stereocenters. The number of aromatic hydroxyl groups is 1. The second-order valence-electron chi connectivity index (χ2n) is 7.86. The third-order valence-corrected chi connectivity index (χ3v) is 7.52. The van der Waals surface area contributed by atoms with Crippen LogP contribution in [0, 0.1) is 19.8 Å². The molecule has 0 radical (unpaired) electrons. The quantitative estimate of drug-likeness (QED) is 0.525. The number of aromatic nitrogens is 1. The second kappa shape index (κ2) is 9.64. The van der Waals surface area contributed by atoms with E-state index in [4.69, 9.17) is 13.8 Å². The summed E-state index contributed by atoms with van der Waals surface area (Å²) in [7, 11) is -2.13. The van der Waals surface area contributed by atoms with Gasteiger partial charge in [-0.3, -0.25) is 9.51 Å². The van der Waals surface area contributed by atoms with Crippen LogP contribution in [0.4, 0.5) is 0 Å². The molecule has 0 bridgehead atoms. The number of pyridine rings is 1. The Balaban J connectivity index is 2.47. The van der Waals surface area contributed by atoms with Gasteiger partial charge in [0.05, 0.1) is 18.9 Å². The summed E-state index contributed by atoms with van der Waals surface area (Å²) in [6.45, 7) is 11.4. The van der Waals surface area contributed by atoms with Gasteiger partial charge in [0.25, 0.3) is 0 Å². The van der Waals surface area contributed by atoms with Crippen molar-refractivity contribution >= 4 is 7.60 Å². The van der Waals surface area contributed by atoms with E-state index >= 15 is 0 Å². The maximum Gasteiger partial charge on any atom is 0.383 e. The largest absolute Gasteiger partial charge is 0.504 e. The molecule has 0 spiro atoms. The van der Waals surface area contributed by atoms with Crippen molar-refractivity contribution in [3.63, 3.8) is 0 Å². The van der Waals surface area contributed by atoms with Crippen LogP contribution in [-0.2, 0) is 15.5 Å². The average molecular weight is 421 g/mol. The molecule has 29 heavy (non-hydrogen) atoms. The number of methoxy groups -OCH3 is 1. The molecule has 0 aliphatic heterocycles. The normalized spacial score (nSPS) is 14.7. The summed E-state index contributed by atoms with van der Waals surface area (Å²) in [5.41, 5.74) is 2.09. The third-order valence-electron chi connectivity index (χ3n) is 4.75. The lowest BCUT2D eigenvalue weighted by Gasteiger charge is -2.31. The van der Waals surface area contributed by atoms with Crippen LogP contribution >= 0.6 is 7.60 Å². The van der Waals surface area contributed by atoms with E-state index in [2.05, 4.69) is 4.98 Å². The zero-order chi connectivity index (χ0) is 21.8. The van der Waals surface area contributed by atoms with E-state index in [0.717, 1.165) is 11.3 Å². The molecule has 2 rings (SSSR count). The molecule has 160 valence electrons. The Bertz CT molecular complexity index is 882. The highest BCUT2D eigenvalue weighted by Crippen LogP contribution is 2.57. The number of nitrogens with zero attached hydrogens (tertiary/aromatic N) is 1. The van der Waals surface area contributed by atoms with Gasteiger partial charge >= 0.3 is 7.60 Å². The minimum absolute atomic E-state index is 0.0288. The Kier molecular flexibility index (Phi) is 7.73. The second-order valence-corrected chi connectivity index (χ2v) is 10.00. The zero-order valence-electron chi connectivity index (χ0n) is 18.3. The number of phenolic OH excluding ortho intramolecular Hbond substituents is 1. The van der Waals surface area contributed by atoms with E-state index in [-0.39, 0.29) is 23.5 Å². The first-order chi connectivity index (χ1) is 13.6. The molecular formula is C22H32NO5P. The molecule has 1 heterocycles. The molecule has 2 aromatic rings. The number of hydrogen-bond acceptors (Lipinski definition) is 6. The summed E-state index contributed by atoms with van der Waals surface area (Å²) >= 11 is 0. The van der Waals surface area contributed by atoms with Gasteiger partial charge in [0.15, 0.2) is 11.5 Å². The molecule has 1 N–H and O–H groups in total. The predicted octanol–water partition coefficient (Wildman–Crippen LogP) is 5.68. The van der Waals surface area contributed by atoms with Crippen molar-refractivity contribution in [2.24, 2.45) is 5.92 Å². The van der Waals surface area contributed by atoms with Crippen molar-refractivity contribution in [2.75, 3.05) is 7.11 Å². The van der Waals surface area contributed by atoms with E-state index in [0.29, 0.717) is 17.7 Å². The van der Waals surface area contributed by atoms with Crippen molar-refractivity contribution in [1.82, 2.24) is 4.98 Å². The smallest absolute Gasteiger partial charge is 0.383 e. The van der Waals surface area contributed by atoms with Crippen LogP contribution in [0.15, 0.2) is 30.5 Å². The summed E-state index contributed by atoms with van der Waals surface area (Å²) in [6, 6.07) is 7.04. The van der Waals surface area contributed by atoms with Crippen LogP contribution in [0.1, 0.15) is 44.5 Å². The fourth-order valence-electron chi connectivity index (χ4n) is 3.17. The predicted molar refractivity (Wildman–Crippen MR) is 115 cm³/mol. The van der Waals surface area contributed by atoms with Crippen molar-refractivity contribution in [1.29, 1.82) is 0 Å². The lowest BCUT2D eigenvalue weighted by atomic mass is 10.0. The number of rotatable bonds is 9. The van der Waals surface area contributed by atoms with Gasteiger partial charge < -0.3 is 14.4 Å². The molecule has 0 aliphatic rings. The molecule has 6 nitrogen and oxygen atoms in total. The Morgan fingerprint density at radius 3 is 2.38 bits per heavy atom. The standard InChI is InChI=1S/C22H32NO5P/c1-14(2)21(13-19-16(5)9-8-10-23-19)29(25,27-15(3)4)28-18-11-17(6)22(24)20(12-18)26-7/h8-12,14-15,21,24H,13H2,1-7H3. The molecule has 0 saturated heterocycles. The van der Waals surface area contributed by atoms with Gasteiger partial charge in [-0.1, -0.05) is 19.9 Å². The van der Waals surface area contributed by atoms with Gasteiger partial charge in [0.2, 0.25) is 0 Å². The first-order valence-corrected chi connectivity index (χ1v) is 11.4. The van der Waals surface area contributed by atoms with Gasteiger partial charge in [-0.2, -0.15) is 0 Å². The van der Waals surface area contributed by atoms with Crippen molar-refractivity contribution in [3.8, 4) is 17.2 Å². The molecule has 0 amide bonds. The van der Waals surface area contributed by atoms with Gasteiger partial charge in [-0.25, -0.2) is 4.57 Å². The molecule has 1 aromatic heterocycles. The lowest BCUT2D eigenvalue weighted by Crippen LogP contribution is -2.25. The minimum Gasteiger partial charge on any atom is -0.504 e. The molecular weight excluding hydrogens is 389 g/mol. The topological polar surface area (TPSA) is 77.9 Å². The van der Waals surface area contributed by atoms with Crippen LogP contribution in [0.3, 0.4) is 0 Å². The highest BCUT2D eigenvalue weighted by atomic mass is 31.2. The minimum atomic E-state index is -3.59. The van der Waals surface area contributed by atoms with Crippen molar-refractivity contribution in [2.45, 2.75) is 59.7 Å².